The van der Waals surface area contributed by atoms with E-state index in [4.69, 9.17) is 16.0 Å². The molecule has 0 spiro atoms. The number of halogens is 3. The minimum Gasteiger partial charge on any atom is -0.423 e. The second-order valence-electron chi connectivity index (χ2n) is 9.96. The van der Waals surface area contributed by atoms with E-state index in [2.05, 4.69) is 21.2 Å². The van der Waals surface area contributed by atoms with E-state index in [-0.39, 0.29) is 17.9 Å². The zero-order chi connectivity index (χ0) is 26.2. The monoisotopic (exact) mass is 518 g/mol. The molecule has 0 amide bonds. The molecule has 8 heteroatoms. The van der Waals surface area contributed by atoms with Crippen LogP contribution in [0.15, 0.2) is 77.5 Å². The van der Waals surface area contributed by atoms with Crippen molar-refractivity contribution in [1.82, 2.24) is 15.1 Å². The Morgan fingerprint density at radius 1 is 1.05 bits per heavy atom. The first-order valence-corrected chi connectivity index (χ1v) is 12.4. The number of nitriles is 1. The Hall–Kier alpha value is -3.60. The molecular weight excluding hydrogens is 494 g/mol. The topological polar surface area (TPSA) is 66.0 Å². The average molecular weight is 519 g/mol. The number of rotatable bonds is 7. The summed E-state index contributed by atoms with van der Waals surface area (Å²) in [6.45, 7) is 4.25. The molecule has 0 bridgehead atoms. The first kappa shape index (κ1) is 25.1. The van der Waals surface area contributed by atoms with E-state index < -0.39 is 17.4 Å². The van der Waals surface area contributed by atoms with Crippen LogP contribution in [0.4, 0.5) is 8.78 Å². The lowest BCUT2D eigenvalue weighted by atomic mass is 9.72. The molecule has 2 atom stereocenters. The van der Waals surface area contributed by atoms with Gasteiger partial charge in [-0.3, -0.25) is 4.90 Å². The van der Waals surface area contributed by atoms with E-state index in [1.54, 1.807) is 12.1 Å². The Balaban J connectivity index is 1.47. The van der Waals surface area contributed by atoms with E-state index in [9.17, 15) is 9.65 Å². The quantitative estimate of drug-likeness (QED) is 0.265. The molecule has 0 N–H and O–H groups in total. The lowest BCUT2D eigenvalue weighted by Crippen LogP contribution is -2.53. The van der Waals surface area contributed by atoms with Crippen molar-refractivity contribution >= 4 is 11.6 Å². The number of likely N-dealkylation sites (tertiary alicyclic amines) is 1. The van der Waals surface area contributed by atoms with Crippen LogP contribution in [-0.2, 0) is 0 Å². The Bertz CT molecular complexity index is 1420. The van der Waals surface area contributed by atoms with Gasteiger partial charge in [-0.2, -0.15) is 5.26 Å². The molecule has 1 aromatic heterocycles. The smallest absolute Gasteiger partial charge is 0.247 e. The zero-order valence-corrected chi connectivity index (χ0v) is 21.2. The second-order valence-corrected chi connectivity index (χ2v) is 10.4. The summed E-state index contributed by atoms with van der Waals surface area (Å²) < 4.78 is 35.6. The van der Waals surface area contributed by atoms with Gasteiger partial charge < -0.3 is 4.42 Å². The molecule has 5 nitrogen and oxygen atoms in total. The number of benzene rings is 3. The molecule has 5 rings (SSSR count). The van der Waals surface area contributed by atoms with Crippen LogP contribution in [0.5, 0.6) is 0 Å². The van der Waals surface area contributed by atoms with Crippen molar-refractivity contribution in [1.29, 1.82) is 5.26 Å². The molecule has 0 radical (unpaired) electrons. The second kappa shape index (κ2) is 10.0. The Labute approximate surface area is 219 Å². The van der Waals surface area contributed by atoms with Gasteiger partial charge in [0.1, 0.15) is 11.5 Å². The molecule has 1 unspecified atom stereocenters. The van der Waals surface area contributed by atoms with E-state index in [0.29, 0.717) is 34.8 Å². The van der Waals surface area contributed by atoms with Crippen molar-refractivity contribution in [3.8, 4) is 17.5 Å². The van der Waals surface area contributed by atoms with Crippen LogP contribution in [0.1, 0.15) is 48.1 Å². The normalized spacial score (nSPS) is 16.1. The molecule has 1 fully saturated rings. The predicted octanol–water partition coefficient (Wildman–Crippen LogP) is 6.95. The van der Waals surface area contributed by atoms with Crippen molar-refractivity contribution in [2.45, 2.75) is 31.5 Å². The van der Waals surface area contributed by atoms with Crippen LogP contribution < -0.4 is 0 Å². The number of nitrogens with zero attached hydrogens (tertiary/aromatic N) is 4. The highest BCUT2D eigenvalue weighted by Crippen LogP contribution is 2.46. The Kier molecular flexibility index (Phi) is 6.80. The van der Waals surface area contributed by atoms with Gasteiger partial charge in [0.25, 0.3) is 0 Å². The number of hydrogen-bond acceptors (Lipinski definition) is 5. The van der Waals surface area contributed by atoms with Gasteiger partial charge in [0.15, 0.2) is 0 Å². The average Bonchev–Trinajstić information content (AvgIpc) is 3.38. The number of alkyl halides is 1. The molecule has 1 aliphatic rings. The SMILES string of the molecule is CC(C)(F)[C@H](c1cc(F)cc(-c2nnco2)c1)C1CN(C(c2ccc(Cl)cc2)c2cccc(C#N)c2)C1. The highest BCUT2D eigenvalue weighted by atomic mass is 35.5. The van der Waals surface area contributed by atoms with Gasteiger partial charge in [0, 0.05) is 29.6 Å². The lowest BCUT2D eigenvalue weighted by Gasteiger charge is -2.50. The summed E-state index contributed by atoms with van der Waals surface area (Å²) in [6, 6.07) is 21.7. The molecular formula is C29H25ClF2N4O. The van der Waals surface area contributed by atoms with E-state index >= 15 is 4.39 Å². The van der Waals surface area contributed by atoms with Crippen LogP contribution in [0, 0.1) is 23.1 Å². The molecule has 37 heavy (non-hydrogen) atoms. The predicted molar refractivity (Wildman–Crippen MR) is 137 cm³/mol. The fourth-order valence-corrected chi connectivity index (χ4v) is 5.58. The molecule has 2 heterocycles. The highest BCUT2D eigenvalue weighted by molar-refractivity contribution is 6.30. The summed E-state index contributed by atoms with van der Waals surface area (Å²) in [4.78, 5) is 2.25. The summed E-state index contributed by atoms with van der Waals surface area (Å²) in [5.74, 6) is -0.918. The fraction of sp³-hybridized carbons (Fsp3) is 0.276. The third-order valence-electron chi connectivity index (χ3n) is 6.92. The lowest BCUT2D eigenvalue weighted by molar-refractivity contribution is 0.00814. The van der Waals surface area contributed by atoms with E-state index in [0.717, 1.165) is 11.1 Å². The zero-order valence-electron chi connectivity index (χ0n) is 20.4. The van der Waals surface area contributed by atoms with Gasteiger partial charge in [-0.15, -0.1) is 10.2 Å². The largest absolute Gasteiger partial charge is 0.423 e. The van der Waals surface area contributed by atoms with E-state index in [1.807, 2.05) is 42.5 Å². The molecule has 4 aromatic rings. The molecule has 0 aliphatic carbocycles. The summed E-state index contributed by atoms with van der Waals surface area (Å²) in [6.07, 6.45) is 1.18. The van der Waals surface area contributed by atoms with Crippen LogP contribution in [0.25, 0.3) is 11.5 Å². The van der Waals surface area contributed by atoms with Crippen LogP contribution in [0.3, 0.4) is 0 Å². The molecule has 188 valence electrons. The molecule has 1 saturated heterocycles. The summed E-state index contributed by atoms with van der Waals surface area (Å²) in [5, 5.41) is 17.6. The van der Waals surface area contributed by atoms with Crippen LogP contribution in [0.2, 0.25) is 5.02 Å². The minimum atomic E-state index is -1.60. The Morgan fingerprint density at radius 3 is 2.46 bits per heavy atom. The third kappa shape index (κ3) is 5.27. The number of aromatic nitrogens is 2. The maximum absolute atomic E-state index is 15.7. The standard InChI is InChI=1S/C29H25ClF2N4O/c1-29(2,32)26(21-11-22(13-25(31)12-21)28-35-34-17-37-28)23-15-36(16-23)27(19-6-8-24(30)9-7-19)20-5-3-4-18(10-20)14-33/h3-13,17,23,26-27H,15-16H2,1-2H3/t26-,27?/m1/s1. The van der Waals surface area contributed by atoms with Crippen molar-refractivity contribution < 1.29 is 13.2 Å². The van der Waals surface area contributed by atoms with Crippen LogP contribution in [-0.4, -0.2) is 33.9 Å². The van der Waals surface area contributed by atoms with Crippen molar-refractivity contribution in [2.75, 3.05) is 13.1 Å². The van der Waals surface area contributed by atoms with Crippen molar-refractivity contribution in [2.24, 2.45) is 5.92 Å². The maximum atomic E-state index is 15.7. The van der Waals surface area contributed by atoms with E-state index in [1.165, 1.54) is 32.4 Å². The summed E-state index contributed by atoms with van der Waals surface area (Å²) >= 11 is 6.14. The maximum Gasteiger partial charge on any atom is 0.247 e. The van der Waals surface area contributed by atoms with Crippen molar-refractivity contribution in [3.05, 3.63) is 106 Å². The van der Waals surface area contributed by atoms with Gasteiger partial charge in [-0.25, -0.2) is 8.78 Å². The minimum absolute atomic E-state index is 0.0636. The number of hydrogen-bond donors (Lipinski definition) is 0. The molecule has 1 aliphatic heterocycles. The van der Waals surface area contributed by atoms with Gasteiger partial charge in [-0.05, 0) is 78.9 Å². The van der Waals surface area contributed by atoms with Gasteiger partial charge in [0.05, 0.1) is 17.7 Å². The van der Waals surface area contributed by atoms with Gasteiger partial charge in [0.2, 0.25) is 12.3 Å². The first-order chi connectivity index (χ1) is 17.7. The molecule has 3 aromatic carbocycles. The van der Waals surface area contributed by atoms with Gasteiger partial charge >= 0.3 is 0 Å². The fourth-order valence-electron chi connectivity index (χ4n) is 5.45. The van der Waals surface area contributed by atoms with Crippen molar-refractivity contribution in [3.63, 3.8) is 0 Å². The summed E-state index contributed by atoms with van der Waals surface area (Å²) in [5.41, 5.74) is 1.95. The Morgan fingerprint density at radius 2 is 1.81 bits per heavy atom. The summed E-state index contributed by atoms with van der Waals surface area (Å²) in [7, 11) is 0. The first-order valence-electron chi connectivity index (χ1n) is 12.0. The van der Waals surface area contributed by atoms with Gasteiger partial charge in [-0.1, -0.05) is 35.9 Å². The highest BCUT2D eigenvalue weighted by Gasteiger charge is 2.45. The third-order valence-corrected chi connectivity index (χ3v) is 7.17. The molecule has 0 saturated carbocycles. The van der Waals surface area contributed by atoms with Crippen LogP contribution >= 0.6 is 11.6 Å².